The van der Waals surface area contributed by atoms with Crippen LogP contribution in [0.2, 0.25) is 0 Å². The number of benzene rings is 2. The Bertz CT molecular complexity index is 1010. The number of carbonyl (C=O) groups excluding carboxylic acids is 2. The van der Waals surface area contributed by atoms with Crippen LogP contribution in [0.4, 0.5) is 0 Å². The van der Waals surface area contributed by atoms with Crippen LogP contribution in [-0.2, 0) is 9.59 Å². The van der Waals surface area contributed by atoms with Crippen molar-refractivity contribution in [3.63, 3.8) is 0 Å². The van der Waals surface area contributed by atoms with Gasteiger partial charge in [-0.1, -0.05) is 48.6 Å². The number of phenolic OH excluding ortho intramolecular Hbond substituents is 4. The molecule has 2 aromatic carbocycles. The molecule has 0 aliphatic heterocycles. The minimum atomic E-state index is -0.237. The van der Waals surface area contributed by atoms with Gasteiger partial charge in [-0.15, -0.1) is 0 Å². The van der Waals surface area contributed by atoms with Gasteiger partial charge >= 0.3 is 0 Å². The number of unbranched alkanes of at least 4 members (excludes halogenated alkanes) is 1. The summed E-state index contributed by atoms with van der Waals surface area (Å²) >= 11 is 0. The number of amides is 2. The quantitative estimate of drug-likeness (QED) is 0.130. The first-order chi connectivity index (χ1) is 16.3. The Morgan fingerprint density at radius 2 is 1.03 bits per heavy atom. The molecule has 0 fully saturated rings. The molecule has 8 heteroatoms. The predicted molar refractivity (Wildman–Crippen MR) is 131 cm³/mol. The molecular weight excluding hydrogens is 436 g/mol. The van der Waals surface area contributed by atoms with Crippen LogP contribution in [0.3, 0.4) is 0 Å². The van der Waals surface area contributed by atoms with Crippen LogP contribution in [0.25, 0.3) is 12.2 Å². The van der Waals surface area contributed by atoms with Crippen molar-refractivity contribution >= 4 is 24.0 Å². The van der Waals surface area contributed by atoms with Gasteiger partial charge in [0.1, 0.15) is 0 Å². The number of aromatic hydroxyl groups is 4. The molecule has 0 aliphatic carbocycles. The van der Waals surface area contributed by atoms with Gasteiger partial charge in [0.05, 0.1) is 0 Å². The van der Waals surface area contributed by atoms with Crippen molar-refractivity contribution in [1.82, 2.24) is 10.6 Å². The topological polar surface area (TPSA) is 139 Å². The molecule has 0 radical (unpaired) electrons. The number of carbonyl (C=O) groups is 2. The zero-order valence-electron chi connectivity index (χ0n) is 18.5. The minimum Gasteiger partial charge on any atom is -0.504 e. The van der Waals surface area contributed by atoms with Crippen LogP contribution in [0, 0.1) is 0 Å². The fraction of sp³-hybridized carbons (Fsp3) is 0.154. The molecular formula is C26H28N2O6. The molecule has 2 amide bonds. The summed E-state index contributed by atoms with van der Waals surface area (Å²) in [5, 5.41) is 42.9. The van der Waals surface area contributed by atoms with E-state index in [1.165, 1.54) is 36.4 Å². The lowest BCUT2D eigenvalue weighted by Crippen LogP contribution is -2.25. The predicted octanol–water partition coefficient (Wildman–Crippen LogP) is 3.36. The zero-order valence-corrected chi connectivity index (χ0v) is 18.5. The Balaban J connectivity index is 1.56. The Morgan fingerprint density at radius 3 is 1.41 bits per heavy atom. The summed E-state index contributed by atoms with van der Waals surface area (Å²) in [7, 11) is 0. The van der Waals surface area contributed by atoms with E-state index < -0.39 is 0 Å². The van der Waals surface area contributed by atoms with Crippen molar-refractivity contribution < 1.29 is 30.0 Å². The first-order valence-corrected chi connectivity index (χ1v) is 10.6. The second kappa shape index (κ2) is 13.8. The Labute approximate surface area is 197 Å². The molecule has 0 saturated carbocycles. The highest BCUT2D eigenvalue weighted by molar-refractivity contribution is 5.88. The average molecular weight is 465 g/mol. The van der Waals surface area contributed by atoms with E-state index in [1.54, 1.807) is 48.6 Å². The molecule has 0 heterocycles. The van der Waals surface area contributed by atoms with Gasteiger partial charge in [-0.05, 0) is 48.2 Å². The minimum absolute atomic E-state index is 0.190. The van der Waals surface area contributed by atoms with E-state index in [9.17, 15) is 30.0 Å². The van der Waals surface area contributed by atoms with Gasteiger partial charge in [-0.3, -0.25) is 9.59 Å². The Kier molecular flexibility index (Phi) is 10.5. The van der Waals surface area contributed by atoms with Crippen molar-refractivity contribution in [3.8, 4) is 23.0 Å². The molecule has 0 spiro atoms. The number of allylic oxidation sites excluding steroid dienone is 4. The maximum Gasteiger partial charge on any atom is 0.243 e. The third-order valence-electron chi connectivity index (χ3n) is 4.50. The molecule has 0 atom stereocenters. The summed E-state index contributed by atoms with van der Waals surface area (Å²) in [6.45, 7) is 0.958. The van der Waals surface area contributed by atoms with Gasteiger partial charge in [0.2, 0.25) is 11.8 Å². The number of phenols is 4. The normalized spacial score (nSPS) is 11.6. The molecule has 34 heavy (non-hydrogen) atoms. The summed E-state index contributed by atoms with van der Waals surface area (Å²) in [6.07, 6.45) is 14.0. The van der Waals surface area contributed by atoms with E-state index in [-0.39, 0.29) is 34.8 Å². The third-order valence-corrected chi connectivity index (χ3v) is 4.50. The van der Waals surface area contributed by atoms with Gasteiger partial charge in [0, 0.05) is 25.2 Å². The van der Waals surface area contributed by atoms with Gasteiger partial charge < -0.3 is 31.1 Å². The van der Waals surface area contributed by atoms with E-state index in [4.69, 9.17) is 0 Å². The molecule has 8 nitrogen and oxygen atoms in total. The van der Waals surface area contributed by atoms with Crippen LogP contribution in [0.5, 0.6) is 23.0 Å². The fourth-order valence-electron chi connectivity index (χ4n) is 2.70. The SMILES string of the molecule is O=C(C=CC=Cc1ccc(O)c(O)c1)NCCCCNC(=O)C=CC=Cc1ccc(O)c(O)c1. The molecule has 2 aromatic rings. The number of hydrogen-bond acceptors (Lipinski definition) is 6. The molecule has 6 N–H and O–H groups in total. The second-order valence-corrected chi connectivity index (χ2v) is 7.22. The number of rotatable bonds is 11. The van der Waals surface area contributed by atoms with Gasteiger partial charge in [0.15, 0.2) is 23.0 Å². The third kappa shape index (κ3) is 9.78. The Hall–Kier alpha value is -4.46. The fourth-order valence-corrected chi connectivity index (χ4v) is 2.70. The highest BCUT2D eigenvalue weighted by atomic mass is 16.3. The van der Waals surface area contributed by atoms with E-state index >= 15 is 0 Å². The lowest BCUT2D eigenvalue weighted by atomic mass is 10.2. The highest BCUT2D eigenvalue weighted by Gasteiger charge is 1.99. The van der Waals surface area contributed by atoms with Gasteiger partial charge in [-0.25, -0.2) is 0 Å². The van der Waals surface area contributed by atoms with Crippen LogP contribution >= 0.6 is 0 Å². The van der Waals surface area contributed by atoms with Crippen molar-refractivity contribution in [2.75, 3.05) is 13.1 Å². The van der Waals surface area contributed by atoms with Gasteiger partial charge in [-0.2, -0.15) is 0 Å². The monoisotopic (exact) mass is 464 g/mol. The second-order valence-electron chi connectivity index (χ2n) is 7.22. The summed E-state index contributed by atoms with van der Waals surface area (Å²) in [4.78, 5) is 23.5. The van der Waals surface area contributed by atoms with Crippen molar-refractivity contribution in [1.29, 1.82) is 0 Å². The number of hydrogen-bond donors (Lipinski definition) is 6. The van der Waals surface area contributed by atoms with E-state index in [0.29, 0.717) is 37.1 Å². The summed E-state index contributed by atoms with van der Waals surface area (Å²) in [6, 6.07) is 8.86. The molecule has 0 aromatic heterocycles. The standard InChI is InChI=1S/C26H28N2O6/c29-21-13-11-19(17-23(21)31)7-1-3-9-25(33)27-15-5-6-16-28-26(34)10-4-2-8-20-12-14-22(30)24(32)18-20/h1-4,7-14,17-18,29-32H,5-6,15-16H2,(H,27,33)(H,28,34). The average Bonchev–Trinajstić information content (AvgIpc) is 2.81. The summed E-state index contributed by atoms with van der Waals surface area (Å²) in [5.41, 5.74) is 1.37. The van der Waals surface area contributed by atoms with Crippen LogP contribution < -0.4 is 10.6 Å². The molecule has 178 valence electrons. The van der Waals surface area contributed by atoms with Crippen molar-refractivity contribution in [2.24, 2.45) is 0 Å². The summed E-state index contributed by atoms with van der Waals surface area (Å²) < 4.78 is 0. The first kappa shape index (κ1) is 25.8. The zero-order chi connectivity index (χ0) is 24.8. The summed E-state index contributed by atoms with van der Waals surface area (Å²) in [5.74, 6) is -1.27. The smallest absolute Gasteiger partial charge is 0.243 e. The highest BCUT2D eigenvalue weighted by Crippen LogP contribution is 2.26. The first-order valence-electron chi connectivity index (χ1n) is 10.6. The van der Waals surface area contributed by atoms with Crippen LogP contribution in [0.15, 0.2) is 72.9 Å². The van der Waals surface area contributed by atoms with E-state index in [0.717, 1.165) is 0 Å². The molecule has 2 rings (SSSR count). The number of nitrogens with one attached hydrogen (secondary N) is 2. The maximum absolute atomic E-state index is 11.8. The van der Waals surface area contributed by atoms with E-state index in [2.05, 4.69) is 10.6 Å². The van der Waals surface area contributed by atoms with Crippen LogP contribution in [-0.4, -0.2) is 45.3 Å². The van der Waals surface area contributed by atoms with E-state index in [1.807, 2.05) is 0 Å². The lowest BCUT2D eigenvalue weighted by molar-refractivity contribution is -0.117. The molecule has 0 unspecified atom stereocenters. The molecule has 0 bridgehead atoms. The largest absolute Gasteiger partial charge is 0.504 e. The molecule has 0 aliphatic rings. The maximum atomic E-state index is 11.8. The van der Waals surface area contributed by atoms with Gasteiger partial charge in [0.25, 0.3) is 0 Å². The van der Waals surface area contributed by atoms with Crippen molar-refractivity contribution in [3.05, 3.63) is 84.0 Å². The molecule has 0 saturated heterocycles. The Morgan fingerprint density at radius 1 is 0.618 bits per heavy atom. The van der Waals surface area contributed by atoms with Crippen LogP contribution in [0.1, 0.15) is 24.0 Å². The lowest BCUT2D eigenvalue weighted by Gasteiger charge is -2.03. The van der Waals surface area contributed by atoms with Crippen molar-refractivity contribution in [2.45, 2.75) is 12.8 Å².